The second-order valence-corrected chi connectivity index (χ2v) is 7.07. The van der Waals surface area contributed by atoms with E-state index in [4.69, 9.17) is 4.74 Å². The molecule has 1 saturated carbocycles. The molecule has 1 aliphatic carbocycles. The maximum absolute atomic E-state index is 11.8. The van der Waals surface area contributed by atoms with Gasteiger partial charge < -0.3 is 20.7 Å². The number of hydrogen-bond donors (Lipinski definition) is 3. The van der Waals surface area contributed by atoms with Crippen LogP contribution in [-0.2, 0) is 9.53 Å². The Morgan fingerprint density at radius 3 is 2.36 bits per heavy atom. The molecule has 0 unspecified atom stereocenters. The molecular formula is C18H37IN4O2. The fraction of sp³-hybridized carbons (Fsp3) is 0.889. The molecule has 148 valence electrons. The van der Waals surface area contributed by atoms with E-state index in [1.54, 1.807) is 7.05 Å². The molecule has 0 aromatic rings. The Bertz CT molecular complexity index is 395. The first-order valence-electron chi connectivity index (χ1n) is 9.35. The second kappa shape index (κ2) is 13.6. The van der Waals surface area contributed by atoms with Gasteiger partial charge in [0.15, 0.2) is 5.96 Å². The van der Waals surface area contributed by atoms with Crippen molar-refractivity contribution in [2.75, 3.05) is 33.3 Å². The quantitative estimate of drug-likeness (QED) is 0.168. The van der Waals surface area contributed by atoms with Gasteiger partial charge in [0.1, 0.15) is 0 Å². The molecular weight excluding hydrogens is 431 g/mol. The summed E-state index contributed by atoms with van der Waals surface area (Å²) in [4.78, 5) is 16.4. The maximum atomic E-state index is 11.8. The van der Waals surface area contributed by atoms with Crippen LogP contribution in [0.2, 0.25) is 0 Å². The van der Waals surface area contributed by atoms with Gasteiger partial charge in [-0.05, 0) is 33.6 Å². The van der Waals surface area contributed by atoms with Crippen molar-refractivity contribution in [3.05, 3.63) is 0 Å². The number of guanidine groups is 1. The number of halogens is 1. The van der Waals surface area contributed by atoms with Gasteiger partial charge in [0.05, 0.1) is 24.7 Å². The summed E-state index contributed by atoms with van der Waals surface area (Å²) in [5.41, 5.74) is -0.520. The molecule has 0 bridgehead atoms. The average molecular weight is 468 g/mol. The highest BCUT2D eigenvalue weighted by molar-refractivity contribution is 14.0. The van der Waals surface area contributed by atoms with E-state index in [9.17, 15) is 4.79 Å². The lowest BCUT2D eigenvalue weighted by molar-refractivity contribution is -0.128. The molecule has 0 radical (unpaired) electrons. The first-order chi connectivity index (χ1) is 11.5. The molecule has 0 atom stereocenters. The van der Waals surface area contributed by atoms with Crippen molar-refractivity contribution >= 4 is 35.8 Å². The topological polar surface area (TPSA) is 74.8 Å². The number of ether oxygens (including phenoxy) is 1. The molecule has 6 nitrogen and oxygen atoms in total. The Balaban J connectivity index is 0.00000576. The van der Waals surface area contributed by atoms with E-state index >= 15 is 0 Å². The van der Waals surface area contributed by atoms with Crippen molar-refractivity contribution in [2.24, 2.45) is 10.4 Å². The zero-order chi connectivity index (χ0) is 17.8. The molecule has 0 saturated heterocycles. The summed E-state index contributed by atoms with van der Waals surface area (Å²) in [6, 6.07) is 0. The van der Waals surface area contributed by atoms with Crippen LogP contribution in [0.3, 0.4) is 0 Å². The van der Waals surface area contributed by atoms with Crippen LogP contribution >= 0.6 is 24.0 Å². The lowest BCUT2D eigenvalue weighted by Crippen LogP contribution is -2.42. The first-order valence-corrected chi connectivity index (χ1v) is 9.35. The summed E-state index contributed by atoms with van der Waals surface area (Å²) in [7, 11) is 1.65. The lowest BCUT2D eigenvalue weighted by atomic mass is 9.93. The van der Waals surface area contributed by atoms with Gasteiger partial charge in [-0.15, -0.1) is 24.0 Å². The molecule has 1 rings (SSSR count). The van der Waals surface area contributed by atoms with Crippen LogP contribution in [0.1, 0.15) is 59.3 Å². The Kier molecular flexibility index (Phi) is 13.3. The van der Waals surface area contributed by atoms with Gasteiger partial charge in [0, 0.05) is 20.1 Å². The third kappa shape index (κ3) is 10.2. The Morgan fingerprint density at radius 1 is 1.16 bits per heavy atom. The zero-order valence-electron chi connectivity index (χ0n) is 16.3. The Labute approximate surface area is 170 Å². The SMILES string of the molecule is CCNC(=NCC(C)(C)C(=O)NC)NCCOC1CCCCCC1.I. The van der Waals surface area contributed by atoms with Crippen LogP contribution in [0.25, 0.3) is 0 Å². The molecule has 3 N–H and O–H groups in total. The number of nitrogens with zero attached hydrogens (tertiary/aromatic N) is 1. The van der Waals surface area contributed by atoms with Gasteiger partial charge in [-0.3, -0.25) is 9.79 Å². The fourth-order valence-electron chi connectivity index (χ4n) is 2.83. The van der Waals surface area contributed by atoms with Crippen molar-refractivity contribution in [1.82, 2.24) is 16.0 Å². The van der Waals surface area contributed by atoms with Crippen molar-refractivity contribution in [3.63, 3.8) is 0 Å². The second-order valence-electron chi connectivity index (χ2n) is 7.07. The molecule has 1 amide bonds. The summed E-state index contributed by atoms with van der Waals surface area (Å²) in [6.45, 7) is 8.46. The fourth-order valence-corrected chi connectivity index (χ4v) is 2.83. The van der Waals surface area contributed by atoms with Crippen LogP contribution < -0.4 is 16.0 Å². The normalized spacial score (nSPS) is 16.6. The minimum absolute atomic E-state index is 0. The largest absolute Gasteiger partial charge is 0.376 e. The first kappa shape index (κ1) is 24.4. The highest BCUT2D eigenvalue weighted by atomic mass is 127. The van der Waals surface area contributed by atoms with Crippen LogP contribution in [0.15, 0.2) is 4.99 Å². The number of amides is 1. The molecule has 25 heavy (non-hydrogen) atoms. The van der Waals surface area contributed by atoms with Crippen molar-refractivity contribution in [1.29, 1.82) is 0 Å². The van der Waals surface area contributed by atoms with Crippen LogP contribution in [0, 0.1) is 5.41 Å². The summed E-state index contributed by atoms with van der Waals surface area (Å²) >= 11 is 0. The number of carbonyl (C=O) groups is 1. The van der Waals surface area contributed by atoms with Crippen molar-refractivity contribution in [2.45, 2.75) is 65.4 Å². The maximum Gasteiger partial charge on any atom is 0.227 e. The summed E-state index contributed by atoms with van der Waals surface area (Å²) in [5.74, 6) is 0.734. The molecule has 0 aromatic carbocycles. The number of nitrogens with one attached hydrogen (secondary N) is 3. The molecule has 0 spiro atoms. The van der Waals surface area contributed by atoms with E-state index in [0.29, 0.717) is 19.3 Å². The average Bonchev–Trinajstić information content (AvgIpc) is 2.84. The lowest BCUT2D eigenvalue weighted by Gasteiger charge is -2.21. The number of rotatable bonds is 8. The van der Waals surface area contributed by atoms with Gasteiger partial charge in [-0.1, -0.05) is 25.7 Å². The van der Waals surface area contributed by atoms with E-state index in [0.717, 1.165) is 19.0 Å². The summed E-state index contributed by atoms with van der Waals surface area (Å²) in [6.07, 6.45) is 8.06. The third-order valence-electron chi connectivity index (χ3n) is 4.37. The van der Waals surface area contributed by atoms with E-state index in [-0.39, 0.29) is 29.9 Å². The number of carbonyl (C=O) groups excluding carboxylic acids is 1. The van der Waals surface area contributed by atoms with Gasteiger partial charge in [0.2, 0.25) is 5.91 Å². The molecule has 0 aliphatic heterocycles. The predicted molar refractivity (Wildman–Crippen MR) is 115 cm³/mol. The monoisotopic (exact) mass is 468 g/mol. The van der Waals surface area contributed by atoms with Crippen LogP contribution in [0.4, 0.5) is 0 Å². The van der Waals surface area contributed by atoms with Gasteiger partial charge in [0.25, 0.3) is 0 Å². The van der Waals surface area contributed by atoms with Gasteiger partial charge in [-0.2, -0.15) is 0 Å². The van der Waals surface area contributed by atoms with E-state index in [1.165, 1.54) is 38.5 Å². The molecule has 1 aliphatic rings. The standard InChI is InChI=1S/C18H36N4O2.HI/c1-5-20-17(22-14-18(2,3)16(23)19-4)21-12-13-24-15-10-8-6-7-9-11-15;/h15H,5-14H2,1-4H3,(H,19,23)(H2,20,21,22);1H. The minimum atomic E-state index is -0.520. The van der Waals surface area contributed by atoms with Crippen molar-refractivity contribution < 1.29 is 9.53 Å². The third-order valence-corrected chi connectivity index (χ3v) is 4.37. The number of aliphatic imine (C=N–C) groups is 1. The highest BCUT2D eigenvalue weighted by Crippen LogP contribution is 2.19. The highest BCUT2D eigenvalue weighted by Gasteiger charge is 2.26. The molecule has 0 aromatic heterocycles. The van der Waals surface area contributed by atoms with E-state index in [1.807, 2.05) is 20.8 Å². The number of hydrogen-bond acceptors (Lipinski definition) is 3. The summed E-state index contributed by atoms with van der Waals surface area (Å²) in [5, 5.41) is 9.19. The smallest absolute Gasteiger partial charge is 0.227 e. The molecule has 0 heterocycles. The van der Waals surface area contributed by atoms with Crippen LogP contribution in [-0.4, -0.2) is 51.3 Å². The summed E-state index contributed by atoms with van der Waals surface area (Å²) < 4.78 is 5.98. The Hall–Kier alpha value is -0.570. The van der Waals surface area contributed by atoms with E-state index < -0.39 is 5.41 Å². The minimum Gasteiger partial charge on any atom is -0.376 e. The van der Waals surface area contributed by atoms with Gasteiger partial charge in [-0.25, -0.2) is 0 Å². The van der Waals surface area contributed by atoms with E-state index in [2.05, 4.69) is 20.9 Å². The van der Waals surface area contributed by atoms with Crippen LogP contribution in [0.5, 0.6) is 0 Å². The zero-order valence-corrected chi connectivity index (χ0v) is 18.7. The van der Waals surface area contributed by atoms with Gasteiger partial charge >= 0.3 is 0 Å². The Morgan fingerprint density at radius 2 is 1.80 bits per heavy atom. The van der Waals surface area contributed by atoms with Crippen molar-refractivity contribution in [3.8, 4) is 0 Å². The molecule has 7 heteroatoms. The predicted octanol–water partition coefficient (Wildman–Crippen LogP) is 2.67. The molecule has 1 fully saturated rings.